The average molecular weight is 262 g/mol. The maximum Gasteiger partial charge on any atom is 0.417 e. The maximum atomic E-state index is 12.7. The number of rotatable bonds is 2. The van der Waals surface area contributed by atoms with Crippen molar-refractivity contribution < 1.29 is 27.8 Å². The second-order valence-electron chi connectivity index (χ2n) is 4.72. The molecule has 0 unspecified atom stereocenters. The van der Waals surface area contributed by atoms with Crippen molar-refractivity contribution >= 4 is 5.97 Å². The van der Waals surface area contributed by atoms with Crippen molar-refractivity contribution in [3.8, 4) is 5.75 Å². The third kappa shape index (κ3) is 3.65. The Labute approximate surface area is 102 Å². The number of aromatic carboxylic acids is 1. The number of hydrogen-bond donors (Lipinski definition) is 1. The highest BCUT2D eigenvalue weighted by Crippen LogP contribution is 2.35. The number of halogens is 3. The maximum absolute atomic E-state index is 12.7. The fourth-order valence-electron chi connectivity index (χ4n) is 1.36. The van der Waals surface area contributed by atoms with Gasteiger partial charge in [-0.15, -0.1) is 0 Å². The summed E-state index contributed by atoms with van der Waals surface area (Å²) >= 11 is 0. The number of alkyl halides is 3. The summed E-state index contributed by atoms with van der Waals surface area (Å²) in [7, 11) is 0. The minimum atomic E-state index is -4.73. The molecule has 1 aromatic carbocycles. The summed E-state index contributed by atoms with van der Waals surface area (Å²) in [4.78, 5) is 10.7. The van der Waals surface area contributed by atoms with Crippen molar-refractivity contribution in [1.29, 1.82) is 0 Å². The minimum absolute atomic E-state index is 0.0141. The first-order valence-electron chi connectivity index (χ1n) is 5.14. The fraction of sp³-hybridized carbons (Fsp3) is 0.417. The molecule has 3 nitrogen and oxygen atoms in total. The number of carboxylic acid groups (broad SMARTS) is 1. The summed E-state index contributed by atoms with van der Waals surface area (Å²) in [5, 5.41) is 8.71. The predicted octanol–water partition coefficient (Wildman–Crippen LogP) is 3.58. The third-order valence-corrected chi connectivity index (χ3v) is 1.95. The highest BCUT2D eigenvalue weighted by Gasteiger charge is 2.36. The van der Waals surface area contributed by atoms with Crippen LogP contribution in [0.15, 0.2) is 18.2 Å². The van der Waals surface area contributed by atoms with Crippen LogP contribution in [0, 0.1) is 0 Å². The molecule has 0 spiro atoms. The van der Waals surface area contributed by atoms with E-state index in [2.05, 4.69) is 0 Å². The van der Waals surface area contributed by atoms with Gasteiger partial charge in [0.25, 0.3) is 0 Å². The molecule has 0 heterocycles. The molecule has 1 aromatic rings. The molecule has 0 aliphatic heterocycles. The Hall–Kier alpha value is -1.72. The van der Waals surface area contributed by atoms with E-state index < -0.39 is 28.9 Å². The van der Waals surface area contributed by atoms with Gasteiger partial charge in [0.2, 0.25) is 0 Å². The molecule has 0 radical (unpaired) electrons. The Morgan fingerprint density at radius 3 is 2.17 bits per heavy atom. The van der Waals surface area contributed by atoms with E-state index in [0.717, 1.165) is 6.07 Å². The lowest BCUT2D eigenvalue weighted by molar-refractivity contribution is -0.138. The van der Waals surface area contributed by atoms with Gasteiger partial charge in [0.1, 0.15) is 11.4 Å². The zero-order valence-corrected chi connectivity index (χ0v) is 10.1. The molecule has 0 saturated carbocycles. The van der Waals surface area contributed by atoms with Crippen molar-refractivity contribution in [3.05, 3.63) is 29.3 Å². The Morgan fingerprint density at radius 1 is 1.22 bits per heavy atom. The number of benzene rings is 1. The largest absolute Gasteiger partial charge is 0.488 e. The van der Waals surface area contributed by atoms with Crippen LogP contribution in [0.25, 0.3) is 0 Å². The molecule has 0 bridgehead atoms. The van der Waals surface area contributed by atoms with E-state index in [4.69, 9.17) is 9.84 Å². The predicted molar refractivity (Wildman–Crippen MR) is 58.8 cm³/mol. The molecule has 18 heavy (non-hydrogen) atoms. The first-order chi connectivity index (χ1) is 8.00. The normalized spacial score (nSPS) is 12.3. The van der Waals surface area contributed by atoms with Crippen LogP contribution < -0.4 is 4.74 Å². The second kappa shape index (κ2) is 4.51. The molecule has 0 aliphatic carbocycles. The third-order valence-electron chi connectivity index (χ3n) is 1.95. The molecule has 0 amide bonds. The van der Waals surface area contributed by atoms with Gasteiger partial charge < -0.3 is 9.84 Å². The van der Waals surface area contributed by atoms with Crippen LogP contribution in [0.2, 0.25) is 0 Å². The van der Waals surface area contributed by atoms with Crippen molar-refractivity contribution in [3.63, 3.8) is 0 Å². The van der Waals surface area contributed by atoms with Crippen LogP contribution in [0.5, 0.6) is 5.75 Å². The fourth-order valence-corrected chi connectivity index (χ4v) is 1.36. The van der Waals surface area contributed by atoms with Crippen LogP contribution in [-0.2, 0) is 6.18 Å². The highest BCUT2D eigenvalue weighted by molar-refractivity contribution is 5.89. The van der Waals surface area contributed by atoms with E-state index in [1.807, 2.05) is 0 Å². The molecule has 0 saturated heterocycles. The second-order valence-corrected chi connectivity index (χ2v) is 4.72. The summed E-state index contributed by atoms with van der Waals surface area (Å²) in [5.41, 5.74) is -2.66. The van der Waals surface area contributed by atoms with Crippen LogP contribution in [0.3, 0.4) is 0 Å². The summed E-state index contributed by atoms with van der Waals surface area (Å²) in [5.74, 6) is -1.63. The first-order valence-corrected chi connectivity index (χ1v) is 5.14. The van der Waals surface area contributed by atoms with Crippen LogP contribution in [0.1, 0.15) is 36.7 Å². The number of carboxylic acids is 1. The molecule has 0 aliphatic rings. The molecule has 0 aromatic heterocycles. The lowest BCUT2D eigenvalue weighted by atomic mass is 10.1. The van der Waals surface area contributed by atoms with E-state index >= 15 is 0 Å². The van der Waals surface area contributed by atoms with Gasteiger partial charge >= 0.3 is 12.1 Å². The van der Waals surface area contributed by atoms with Gasteiger partial charge in [0, 0.05) is 0 Å². The number of hydrogen-bond acceptors (Lipinski definition) is 2. The Morgan fingerprint density at radius 2 is 1.78 bits per heavy atom. The lowest BCUT2D eigenvalue weighted by Crippen LogP contribution is -2.23. The number of carbonyl (C=O) groups is 1. The molecule has 0 atom stereocenters. The molecule has 1 N–H and O–H groups in total. The molecule has 6 heteroatoms. The van der Waals surface area contributed by atoms with Crippen LogP contribution >= 0.6 is 0 Å². The van der Waals surface area contributed by atoms with E-state index in [1.54, 1.807) is 20.8 Å². The summed E-state index contributed by atoms with van der Waals surface area (Å²) in [6.07, 6.45) is -4.73. The van der Waals surface area contributed by atoms with Gasteiger partial charge in [-0.3, -0.25) is 0 Å². The standard InChI is InChI=1S/C12H13F3O3/c1-11(2,3)18-7-4-5-8(10(16)17)9(6-7)12(13,14)15/h4-6H,1-3H3,(H,16,17). The van der Waals surface area contributed by atoms with Gasteiger partial charge in [0.05, 0.1) is 11.1 Å². The molecular weight excluding hydrogens is 249 g/mol. The minimum Gasteiger partial charge on any atom is -0.488 e. The van der Waals surface area contributed by atoms with Gasteiger partial charge in [-0.25, -0.2) is 4.79 Å². The van der Waals surface area contributed by atoms with E-state index in [0.29, 0.717) is 6.07 Å². The summed E-state index contributed by atoms with van der Waals surface area (Å²) in [6.45, 7) is 5.06. The molecule has 1 rings (SSSR count). The van der Waals surface area contributed by atoms with Crippen LogP contribution in [0.4, 0.5) is 13.2 Å². The van der Waals surface area contributed by atoms with Crippen molar-refractivity contribution in [2.45, 2.75) is 32.5 Å². The van der Waals surface area contributed by atoms with Gasteiger partial charge in [0.15, 0.2) is 0 Å². The van der Waals surface area contributed by atoms with Crippen molar-refractivity contribution in [2.75, 3.05) is 0 Å². The SMILES string of the molecule is CC(C)(C)Oc1ccc(C(=O)O)c(C(F)(F)F)c1. The van der Waals surface area contributed by atoms with Gasteiger partial charge in [-0.1, -0.05) is 0 Å². The Kier molecular flexibility index (Phi) is 3.59. The lowest BCUT2D eigenvalue weighted by Gasteiger charge is -2.22. The van der Waals surface area contributed by atoms with E-state index in [-0.39, 0.29) is 5.75 Å². The zero-order chi connectivity index (χ0) is 14.1. The van der Waals surface area contributed by atoms with E-state index in [1.165, 1.54) is 6.07 Å². The van der Waals surface area contributed by atoms with E-state index in [9.17, 15) is 18.0 Å². The summed E-state index contributed by atoms with van der Waals surface area (Å²) in [6, 6.07) is 2.81. The molecular formula is C12H13F3O3. The molecule has 0 fully saturated rings. The first kappa shape index (κ1) is 14.3. The van der Waals surface area contributed by atoms with Gasteiger partial charge in [-0.2, -0.15) is 13.2 Å². The van der Waals surface area contributed by atoms with Crippen molar-refractivity contribution in [2.24, 2.45) is 0 Å². The van der Waals surface area contributed by atoms with Crippen molar-refractivity contribution in [1.82, 2.24) is 0 Å². The smallest absolute Gasteiger partial charge is 0.417 e. The topological polar surface area (TPSA) is 46.5 Å². The number of ether oxygens (including phenoxy) is 1. The average Bonchev–Trinajstić information content (AvgIpc) is 2.13. The van der Waals surface area contributed by atoms with Gasteiger partial charge in [-0.05, 0) is 39.0 Å². The Balaban J connectivity index is 3.27. The highest BCUT2D eigenvalue weighted by atomic mass is 19.4. The quantitative estimate of drug-likeness (QED) is 0.886. The summed E-state index contributed by atoms with van der Waals surface area (Å²) < 4.78 is 43.4. The molecule has 100 valence electrons. The zero-order valence-electron chi connectivity index (χ0n) is 10.1. The van der Waals surface area contributed by atoms with Crippen LogP contribution in [-0.4, -0.2) is 16.7 Å². The Bertz CT molecular complexity index is 459. The monoisotopic (exact) mass is 262 g/mol.